The van der Waals surface area contributed by atoms with Gasteiger partial charge in [0.05, 0.1) is 5.02 Å². The third-order valence-electron chi connectivity index (χ3n) is 4.19. The van der Waals surface area contributed by atoms with E-state index >= 15 is 0 Å². The molecular formula is C19H22ClNO. The second kappa shape index (κ2) is 7.66. The van der Waals surface area contributed by atoms with E-state index in [9.17, 15) is 0 Å². The summed E-state index contributed by atoms with van der Waals surface area (Å²) < 4.78 is 6.26. The van der Waals surface area contributed by atoms with Crippen LogP contribution >= 0.6 is 11.6 Å². The van der Waals surface area contributed by atoms with Gasteiger partial charge >= 0.3 is 0 Å². The summed E-state index contributed by atoms with van der Waals surface area (Å²) in [5, 5.41) is 4.27. The normalized spacial score (nSPS) is 19.6. The number of benzene rings is 2. The van der Waals surface area contributed by atoms with Crippen molar-refractivity contribution < 1.29 is 4.74 Å². The van der Waals surface area contributed by atoms with E-state index in [2.05, 4.69) is 29.6 Å². The smallest absolute Gasteiger partial charge is 0.138 e. The number of rotatable bonds is 5. The van der Waals surface area contributed by atoms with Crippen molar-refractivity contribution in [2.45, 2.75) is 37.8 Å². The Balaban J connectivity index is 1.78. The largest absolute Gasteiger partial charge is 0.484 e. The summed E-state index contributed by atoms with van der Waals surface area (Å²) in [6.45, 7) is 1.11. The van der Waals surface area contributed by atoms with E-state index in [0.717, 1.165) is 18.7 Å². The molecule has 116 valence electrons. The molecule has 1 aliphatic heterocycles. The second-order valence-corrected chi connectivity index (χ2v) is 6.24. The first kappa shape index (κ1) is 15.4. The first-order valence-corrected chi connectivity index (χ1v) is 8.40. The average molecular weight is 316 g/mol. The first-order valence-electron chi connectivity index (χ1n) is 8.02. The van der Waals surface area contributed by atoms with Gasteiger partial charge in [-0.05, 0) is 37.1 Å². The molecule has 2 atom stereocenters. The maximum absolute atomic E-state index is 6.26. The lowest BCUT2D eigenvalue weighted by atomic mass is 9.96. The van der Waals surface area contributed by atoms with Gasteiger partial charge in [0.15, 0.2) is 0 Å². The molecule has 22 heavy (non-hydrogen) atoms. The predicted octanol–water partition coefficient (Wildman–Crippen LogP) is 4.99. The number of para-hydroxylation sites is 1. The zero-order chi connectivity index (χ0) is 15.2. The molecular weight excluding hydrogens is 294 g/mol. The van der Waals surface area contributed by atoms with Crippen molar-refractivity contribution in [2.24, 2.45) is 0 Å². The highest BCUT2D eigenvalue weighted by atomic mass is 35.5. The van der Waals surface area contributed by atoms with Crippen molar-refractivity contribution in [1.82, 2.24) is 5.32 Å². The van der Waals surface area contributed by atoms with Gasteiger partial charge in [0.1, 0.15) is 11.9 Å². The van der Waals surface area contributed by atoms with Crippen LogP contribution in [0.3, 0.4) is 0 Å². The van der Waals surface area contributed by atoms with Crippen LogP contribution in [-0.2, 0) is 0 Å². The number of halogens is 1. The van der Waals surface area contributed by atoms with E-state index < -0.39 is 0 Å². The molecule has 1 fully saturated rings. The Morgan fingerprint density at radius 2 is 1.82 bits per heavy atom. The second-order valence-electron chi connectivity index (χ2n) is 5.83. The van der Waals surface area contributed by atoms with Crippen LogP contribution in [-0.4, -0.2) is 12.6 Å². The van der Waals surface area contributed by atoms with Crippen molar-refractivity contribution in [3.8, 4) is 5.75 Å². The van der Waals surface area contributed by atoms with Gasteiger partial charge in [0, 0.05) is 12.5 Å². The highest BCUT2D eigenvalue weighted by Crippen LogP contribution is 2.32. The van der Waals surface area contributed by atoms with Crippen molar-refractivity contribution in [2.75, 3.05) is 6.54 Å². The summed E-state index contributed by atoms with van der Waals surface area (Å²) in [5.74, 6) is 0.758. The molecule has 2 nitrogen and oxygen atoms in total. The van der Waals surface area contributed by atoms with Crippen LogP contribution in [0.1, 0.15) is 37.4 Å². The molecule has 0 saturated carbocycles. The molecule has 0 amide bonds. The van der Waals surface area contributed by atoms with Gasteiger partial charge in [-0.3, -0.25) is 0 Å². The maximum atomic E-state index is 6.26. The number of nitrogens with one attached hydrogen (secondary N) is 1. The van der Waals surface area contributed by atoms with E-state index in [1.807, 2.05) is 30.3 Å². The Hall–Kier alpha value is -1.51. The number of ether oxygens (including phenoxy) is 1. The fourth-order valence-electron chi connectivity index (χ4n) is 3.00. The standard InChI is InChI=1S/C19H22ClNO/c20-17-11-4-5-12-18(17)22-19(15-8-2-1-3-9-15)14-16-10-6-7-13-21-16/h1-5,8-9,11-12,16,19,21H,6-7,10,13-14H2. The molecule has 1 heterocycles. The minimum absolute atomic E-state index is 0.0247. The maximum Gasteiger partial charge on any atom is 0.138 e. The average Bonchev–Trinajstić information content (AvgIpc) is 2.58. The van der Waals surface area contributed by atoms with Gasteiger partial charge in [-0.25, -0.2) is 0 Å². The molecule has 0 aromatic heterocycles. The Bertz CT molecular complexity index is 581. The van der Waals surface area contributed by atoms with E-state index in [4.69, 9.17) is 16.3 Å². The topological polar surface area (TPSA) is 21.3 Å². The van der Waals surface area contributed by atoms with Crippen LogP contribution in [0.5, 0.6) is 5.75 Å². The summed E-state index contributed by atoms with van der Waals surface area (Å²) in [5.41, 5.74) is 1.20. The Labute approximate surface area is 137 Å². The van der Waals surface area contributed by atoms with E-state index in [1.54, 1.807) is 0 Å². The zero-order valence-electron chi connectivity index (χ0n) is 12.7. The minimum Gasteiger partial charge on any atom is -0.484 e. The molecule has 0 spiro atoms. The quantitative estimate of drug-likeness (QED) is 0.839. The van der Waals surface area contributed by atoms with Gasteiger partial charge < -0.3 is 10.1 Å². The molecule has 1 N–H and O–H groups in total. The van der Waals surface area contributed by atoms with Crippen LogP contribution in [0.4, 0.5) is 0 Å². The molecule has 1 aliphatic rings. The Morgan fingerprint density at radius 1 is 1.05 bits per heavy atom. The van der Waals surface area contributed by atoms with Crippen LogP contribution in [0.15, 0.2) is 54.6 Å². The first-order chi connectivity index (χ1) is 10.8. The van der Waals surface area contributed by atoms with Gasteiger partial charge in [0.25, 0.3) is 0 Å². The summed E-state index contributed by atoms with van der Waals surface area (Å²) in [4.78, 5) is 0. The SMILES string of the molecule is Clc1ccccc1OC(CC1CCCCN1)c1ccccc1. The summed E-state index contributed by atoms with van der Waals surface area (Å²) in [7, 11) is 0. The fourth-order valence-corrected chi connectivity index (χ4v) is 3.18. The zero-order valence-corrected chi connectivity index (χ0v) is 13.4. The lowest BCUT2D eigenvalue weighted by Gasteiger charge is -2.28. The number of hydrogen-bond donors (Lipinski definition) is 1. The molecule has 2 unspecified atom stereocenters. The van der Waals surface area contributed by atoms with Gasteiger partial charge in [-0.15, -0.1) is 0 Å². The minimum atomic E-state index is 0.0247. The predicted molar refractivity (Wildman–Crippen MR) is 91.5 cm³/mol. The molecule has 1 saturated heterocycles. The lowest BCUT2D eigenvalue weighted by molar-refractivity contribution is 0.169. The summed E-state index contributed by atoms with van der Waals surface area (Å²) in [6, 6.07) is 18.6. The fraction of sp³-hybridized carbons (Fsp3) is 0.368. The molecule has 3 heteroatoms. The lowest BCUT2D eigenvalue weighted by Crippen LogP contribution is -2.36. The van der Waals surface area contributed by atoms with Crippen LogP contribution in [0.25, 0.3) is 0 Å². The van der Waals surface area contributed by atoms with Crippen LogP contribution in [0.2, 0.25) is 5.02 Å². The van der Waals surface area contributed by atoms with E-state index in [0.29, 0.717) is 11.1 Å². The van der Waals surface area contributed by atoms with Crippen LogP contribution in [0, 0.1) is 0 Å². The van der Waals surface area contributed by atoms with Crippen molar-refractivity contribution in [3.05, 3.63) is 65.2 Å². The molecule has 0 bridgehead atoms. The molecule has 2 aromatic carbocycles. The Morgan fingerprint density at radius 3 is 2.55 bits per heavy atom. The van der Waals surface area contributed by atoms with Gasteiger partial charge in [-0.1, -0.05) is 60.5 Å². The van der Waals surface area contributed by atoms with E-state index in [1.165, 1.54) is 24.8 Å². The Kier molecular flexibility index (Phi) is 5.36. The third kappa shape index (κ3) is 4.02. The van der Waals surface area contributed by atoms with Gasteiger partial charge in [-0.2, -0.15) is 0 Å². The number of piperidine rings is 1. The van der Waals surface area contributed by atoms with Crippen LogP contribution < -0.4 is 10.1 Å². The highest BCUT2D eigenvalue weighted by Gasteiger charge is 2.21. The van der Waals surface area contributed by atoms with Gasteiger partial charge in [0.2, 0.25) is 0 Å². The summed E-state index contributed by atoms with van der Waals surface area (Å²) >= 11 is 6.26. The monoisotopic (exact) mass is 315 g/mol. The highest BCUT2D eigenvalue weighted by molar-refractivity contribution is 6.32. The number of hydrogen-bond acceptors (Lipinski definition) is 2. The molecule has 3 rings (SSSR count). The van der Waals surface area contributed by atoms with E-state index in [-0.39, 0.29) is 6.10 Å². The molecule has 2 aromatic rings. The van der Waals surface area contributed by atoms with Crippen molar-refractivity contribution in [3.63, 3.8) is 0 Å². The molecule has 0 radical (unpaired) electrons. The summed E-state index contributed by atoms with van der Waals surface area (Å²) in [6.07, 6.45) is 4.78. The molecule has 0 aliphatic carbocycles. The van der Waals surface area contributed by atoms with Crippen molar-refractivity contribution in [1.29, 1.82) is 0 Å². The third-order valence-corrected chi connectivity index (χ3v) is 4.50. The van der Waals surface area contributed by atoms with Crippen molar-refractivity contribution >= 4 is 11.6 Å².